The highest BCUT2D eigenvalue weighted by atomic mass is 15.2. The zero-order valence-electron chi connectivity index (χ0n) is 11.6. The molecule has 1 heterocycles. The van der Waals surface area contributed by atoms with E-state index in [-0.39, 0.29) is 6.04 Å². The van der Waals surface area contributed by atoms with Gasteiger partial charge in [0.2, 0.25) is 0 Å². The van der Waals surface area contributed by atoms with Crippen molar-refractivity contribution in [1.29, 1.82) is 0 Å². The smallest absolute Gasteiger partial charge is 0.0481 e. The molecule has 100 valence electrons. The molecule has 0 spiro atoms. The van der Waals surface area contributed by atoms with Crippen LogP contribution in [0.15, 0.2) is 42.7 Å². The van der Waals surface area contributed by atoms with Gasteiger partial charge in [-0.1, -0.05) is 24.3 Å². The van der Waals surface area contributed by atoms with Crippen molar-refractivity contribution >= 4 is 0 Å². The van der Waals surface area contributed by atoms with E-state index in [0.717, 1.165) is 12.8 Å². The SMILES string of the molecule is Cc1ccccc1CCC(NN)c1cnccc1C. The summed E-state index contributed by atoms with van der Waals surface area (Å²) in [6.45, 7) is 4.24. The van der Waals surface area contributed by atoms with E-state index in [1.165, 1.54) is 22.3 Å². The van der Waals surface area contributed by atoms with Crippen LogP contribution in [0.4, 0.5) is 0 Å². The van der Waals surface area contributed by atoms with E-state index in [1.54, 1.807) is 0 Å². The monoisotopic (exact) mass is 255 g/mol. The summed E-state index contributed by atoms with van der Waals surface area (Å²) in [6, 6.07) is 10.7. The summed E-state index contributed by atoms with van der Waals surface area (Å²) in [5, 5.41) is 0. The molecule has 0 aliphatic rings. The maximum Gasteiger partial charge on any atom is 0.0481 e. The number of aromatic nitrogens is 1. The molecule has 1 aromatic carbocycles. The summed E-state index contributed by atoms with van der Waals surface area (Å²) >= 11 is 0. The molecule has 3 N–H and O–H groups in total. The zero-order valence-corrected chi connectivity index (χ0v) is 11.6. The van der Waals surface area contributed by atoms with Gasteiger partial charge in [0.05, 0.1) is 0 Å². The number of hydrogen-bond acceptors (Lipinski definition) is 3. The van der Waals surface area contributed by atoms with Crippen molar-refractivity contribution in [3.63, 3.8) is 0 Å². The molecule has 0 saturated heterocycles. The van der Waals surface area contributed by atoms with E-state index in [1.807, 2.05) is 18.5 Å². The van der Waals surface area contributed by atoms with Gasteiger partial charge in [0.25, 0.3) is 0 Å². The number of nitrogens with zero attached hydrogens (tertiary/aromatic N) is 1. The lowest BCUT2D eigenvalue weighted by Gasteiger charge is -2.18. The van der Waals surface area contributed by atoms with Crippen LogP contribution in [0.5, 0.6) is 0 Å². The topological polar surface area (TPSA) is 50.9 Å². The van der Waals surface area contributed by atoms with E-state index in [0.29, 0.717) is 0 Å². The lowest BCUT2D eigenvalue weighted by Crippen LogP contribution is -2.29. The fraction of sp³-hybridized carbons (Fsp3) is 0.312. The molecule has 2 rings (SSSR count). The molecule has 19 heavy (non-hydrogen) atoms. The third-order valence-corrected chi connectivity index (χ3v) is 3.62. The van der Waals surface area contributed by atoms with Gasteiger partial charge in [0.1, 0.15) is 0 Å². The molecule has 0 fully saturated rings. The molecule has 1 atom stereocenters. The number of nitrogens with two attached hydrogens (primary N) is 1. The Hall–Kier alpha value is -1.71. The van der Waals surface area contributed by atoms with Crippen LogP contribution in [0.3, 0.4) is 0 Å². The summed E-state index contributed by atoms with van der Waals surface area (Å²) in [7, 11) is 0. The van der Waals surface area contributed by atoms with E-state index in [2.05, 4.69) is 48.5 Å². The van der Waals surface area contributed by atoms with Gasteiger partial charge in [-0.05, 0) is 55.0 Å². The molecular formula is C16H21N3. The molecule has 3 heteroatoms. The highest BCUT2D eigenvalue weighted by molar-refractivity contribution is 5.28. The number of nitrogens with one attached hydrogen (secondary N) is 1. The van der Waals surface area contributed by atoms with Crippen molar-refractivity contribution in [3.05, 3.63) is 65.0 Å². The first-order valence-electron chi connectivity index (χ1n) is 6.63. The second-order valence-corrected chi connectivity index (χ2v) is 4.92. The van der Waals surface area contributed by atoms with E-state index in [9.17, 15) is 0 Å². The Morgan fingerprint density at radius 1 is 1.16 bits per heavy atom. The molecule has 0 saturated carbocycles. The lowest BCUT2D eigenvalue weighted by atomic mass is 9.96. The first kappa shape index (κ1) is 13.7. The fourth-order valence-electron chi connectivity index (χ4n) is 2.36. The Morgan fingerprint density at radius 3 is 2.63 bits per heavy atom. The maximum atomic E-state index is 5.70. The minimum atomic E-state index is 0.147. The standard InChI is InChI=1S/C16H21N3/c1-12-5-3-4-6-14(12)7-8-16(19-17)15-11-18-10-9-13(15)2/h3-6,9-11,16,19H,7-8,17H2,1-2H3. The Morgan fingerprint density at radius 2 is 1.95 bits per heavy atom. The molecule has 3 nitrogen and oxygen atoms in total. The summed E-state index contributed by atoms with van der Waals surface area (Å²) in [6.07, 6.45) is 5.69. The fourth-order valence-corrected chi connectivity index (χ4v) is 2.36. The Kier molecular flexibility index (Phi) is 4.66. The zero-order chi connectivity index (χ0) is 13.7. The number of hydrazine groups is 1. The molecule has 1 aromatic heterocycles. The van der Waals surface area contributed by atoms with Crippen LogP contribution in [0.2, 0.25) is 0 Å². The quantitative estimate of drug-likeness (QED) is 0.638. The van der Waals surface area contributed by atoms with Crippen LogP contribution < -0.4 is 11.3 Å². The van der Waals surface area contributed by atoms with Crippen LogP contribution in [-0.4, -0.2) is 4.98 Å². The Bertz CT molecular complexity index is 537. The minimum Gasteiger partial charge on any atom is -0.271 e. The second kappa shape index (κ2) is 6.45. The van der Waals surface area contributed by atoms with Crippen LogP contribution in [0, 0.1) is 13.8 Å². The summed E-state index contributed by atoms with van der Waals surface area (Å²) in [4.78, 5) is 4.19. The van der Waals surface area contributed by atoms with Crippen LogP contribution >= 0.6 is 0 Å². The van der Waals surface area contributed by atoms with Crippen LogP contribution in [-0.2, 0) is 6.42 Å². The van der Waals surface area contributed by atoms with Gasteiger partial charge in [-0.2, -0.15) is 0 Å². The molecular weight excluding hydrogens is 234 g/mol. The van der Waals surface area contributed by atoms with Gasteiger partial charge in [-0.15, -0.1) is 0 Å². The van der Waals surface area contributed by atoms with Crippen LogP contribution in [0.1, 0.15) is 34.7 Å². The normalized spacial score (nSPS) is 12.4. The summed E-state index contributed by atoms with van der Waals surface area (Å²) in [5.74, 6) is 5.70. The van der Waals surface area contributed by atoms with Crippen molar-refractivity contribution in [2.45, 2.75) is 32.7 Å². The highest BCUT2D eigenvalue weighted by Crippen LogP contribution is 2.21. The maximum absolute atomic E-state index is 5.70. The third kappa shape index (κ3) is 3.40. The molecule has 0 amide bonds. The number of hydrogen-bond donors (Lipinski definition) is 2. The van der Waals surface area contributed by atoms with E-state index < -0.39 is 0 Å². The van der Waals surface area contributed by atoms with Gasteiger partial charge in [-0.25, -0.2) is 0 Å². The summed E-state index contributed by atoms with van der Waals surface area (Å²) < 4.78 is 0. The molecule has 1 unspecified atom stereocenters. The van der Waals surface area contributed by atoms with Gasteiger partial charge < -0.3 is 0 Å². The van der Waals surface area contributed by atoms with Crippen molar-refractivity contribution in [2.75, 3.05) is 0 Å². The number of aryl methyl sites for hydroxylation is 3. The van der Waals surface area contributed by atoms with Gasteiger partial charge in [0, 0.05) is 18.4 Å². The number of benzene rings is 1. The molecule has 2 aromatic rings. The summed E-state index contributed by atoms with van der Waals surface area (Å²) in [5.41, 5.74) is 8.03. The number of rotatable bonds is 5. The second-order valence-electron chi connectivity index (χ2n) is 4.92. The lowest BCUT2D eigenvalue weighted by molar-refractivity contribution is 0.512. The Labute approximate surface area is 114 Å². The predicted molar refractivity (Wildman–Crippen MR) is 78.5 cm³/mol. The first-order valence-corrected chi connectivity index (χ1v) is 6.63. The number of pyridine rings is 1. The third-order valence-electron chi connectivity index (χ3n) is 3.62. The molecule has 0 bridgehead atoms. The van der Waals surface area contributed by atoms with Gasteiger partial charge in [0.15, 0.2) is 0 Å². The van der Waals surface area contributed by atoms with Gasteiger partial charge >= 0.3 is 0 Å². The van der Waals surface area contributed by atoms with Crippen LogP contribution in [0.25, 0.3) is 0 Å². The van der Waals surface area contributed by atoms with Gasteiger partial charge in [-0.3, -0.25) is 16.3 Å². The largest absolute Gasteiger partial charge is 0.271 e. The van der Waals surface area contributed by atoms with Crippen molar-refractivity contribution < 1.29 is 0 Å². The molecule has 0 aliphatic heterocycles. The van der Waals surface area contributed by atoms with E-state index >= 15 is 0 Å². The van der Waals surface area contributed by atoms with Crippen molar-refractivity contribution in [3.8, 4) is 0 Å². The molecule has 0 aliphatic carbocycles. The molecule has 0 radical (unpaired) electrons. The van der Waals surface area contributed by atoms with E-state index in [4.69, 9.17) is 5.84 Å². The average molecular weight is 255 g/mol. The Balaban J connectivity index is 2.09. The predicted octanol–water partition coefficient (Wildman–Crippen LogP) is 2.84. The first-order chi connectivity index (χ1) is 9.22. The average Bonchev–Trinajstić information content (AvgIpc) is 2.43. The van der Waals surface area contributed by atoms with Crippen molar-refractivity contribution in [1.82, 2.24) is 10.4 Å². The van der Waals surface area contributed by atoms with Crippen molar-refractivity contribution in [2.24, 2.45) is 5.84 Å². The highest BCUT2D eigenvalue weighted by Gasteiger charge is 2.12. The minimum absolute atomic E-state index is 0.147.